The van der Waals surface area contributed by atoms with Crippen LogP contribution in [0.15, 0.2) is 70.5 Å². The number of nitrogen functional groups attached to an aromatic ring is 1. The summed E-state index contributed by atoms with van der Waals surface area (Å²) in [6, 6.07) is 9.80. The second-order valence-electron chi connectivity index (χ2n) is 7.15. The first kappa shape index (κ1) is 25.8. The number of carbonyl (C=O) groups excluding carboxylic acids is 1. The van der Waals surface area contributed by atoms with Crippen molar-refractivity contribution in [2.24, 2.45) is 0 Å². The zero-order valence-corrected chi connectivity index (χ0v) is 19.6. The number of hydrogen-bond donors (Lipinski definition) is 3. The molecule has 2 aromatic heterocycles. The minimum atomic E-state index is -0.931. The lowest BCUT2D eigenvalue weighted by atomic mass is 10.2. The van der Waals surface area contributed by atoms with E-state index in [4.69, 9.17) is 10.5 Å². The number of nitrogens with zero attached hydrogens (tertiary/aromatic N) is 2. The lowest BCUT2D eigenvalue weighted by Crippen LogP contribution is -2.38. The molecule has 0 bridgehead atoms. The molecular weight excluding hydrogens is 472 g/mol. The van der Waals surface area contributed by atoms with Crippen molar-refractivity contribution in [1.29, 1.82) is 0 Å². The quantitative estimate of drug-likeness (QED) is 0.381. The lowest BCUT2D eigenvalue weighted by molar-refractivity contribution is 0.102. The highest BCUT2D eigenvalue weighted by molar-refractivity contribution is 6.03. The summed E-state index contributed by atoms with van der Waals surface area (Å²) >= 11 is 0. The van der Waals surface area contributed by atoms with Crippen molar-refractivity contribution in [3.8, 4) is 17.2 Å². The van der Waals surface area contributed by atoms with Crippen LogP contribution in [0, 0.1) is 18.6 Å². The zero-order chi connectivity index (χ0) is 26.4. The molecule has 0 atom stereocenters. The Morgan fingerprint density at radius 3 is 2.42 bits per heavy atom. The molecule has 0 aliphatic rings. The summed E-state index contributed by atoms with van der Waals surface area (Å²) in [7, 11) is 0. The Kier molecular flexibility index (Phi) is 7.95. The van der Waals surface area contributed by atoms with Gasteiger partial charge in [-0.05, 0) is 49.4 Å². The number of aromatic amines is 1. The Morgan fingerprint density at radius 1 is 1.06 bits per heavy atom. The van der Waals surface area contributed by atoms with Gasteiger partial charge in [-0.25, -0.2) is 23.1 Å². The van der Waals surface area contributed by atoms with Crippen molar-refractivity contribution in [1.82, 2.24) is 14.5 Å². The van der Waals surface area contributed by atoms with Crippen LogP contribution in [0.2, 0.25) is 0 Å². The Labute approximate surface area is 204 Å². The van der Waals surface area contributed by atoms with Crippen molar-refractivity contribution in [2.45, 2.75) is 20.8 Å². The van der Waals surface area contributed by atoms with Crippen LogP contribution in [0.5, 0.6) is 11.5 Å². The van der Waals surface area contributed by atoms with Gasteiger partial charge in [0.1, 0.15) is 22.9 Å². The summed E-state index contributed by atoms with van der Waals surface area (Å²) < 4.78 is 34.0. The van der Waals surface area contributed by atoms with E-state index >= 15 is 0 Å². The van der Waals surface area contributed by atoms with Crippen molar-refractivity contribution >= 4 is 17.4 Å². The number of amides is 1. The third kappa shape index (κ3) is 5.46. The van der Waals surface area contributed by atoms with E-state index in [1.807, 2.05) is 13.8 Å². The first-order valence-corrected chi connectivity index (χ1v) is 10.8. The number of ether oxygens (including phenoxy) is 1. The molecule has 11 heteroatoms. The maximum atomic E-state index is 14.6. The molecule has 4 aromatic rings. The lowest BCUT2D eigenvalue weighted by Gasteiger charge is -2.12. The molecule has 2 heterocycles. The number of hydrogen-bond acceptors (Lipinski definition) is 6. The predicted octanol–water partition coefficient (Wildman–Crippen LogP) is 4.16. The SMILES string of the molecule is CC.Cc1c(Oc2ccc(NC(=O)c3c[nH]c(=O)n(-c4ccc(F)cc4)c3=O)cc2F)ccnc1N. The van der Waals surface area contributed by atoms with Gasteiger partial charge < -0.3 is 20.8 Å². The molecule has 186 valence electrons. The Balaban J connectivity index is 0.00000176. The van der Waals surface area contributed by atoms with E-state index in [-0.39, 0.29) is 22.9 Å². The molecule has 36 heavy (non-hydrogen) atoms. The molecule has 0 spiro atoms. The number of carbonyl (C=O) groups is 1. The van der Waals surface area contributed by atoms with E-state index < -0.39 is 34.4 Å². The fraction of sp³-hybridized carbons (Fsp3) is 0.120. The van der Waals surface area contributed by atoms with E-state index in [9.17, 15) is 23.2 Å². The first-order chi connectivity index (χ1) is 17.2. The topological polar surface area (TPSA) is 132 Å². The van der Waals surface area contributed by atoms with Crippen molar-refractivity contribution < 1.29 is 18.3 Å². The molecule has 0 fully saturated rings. The van der Waals surface area contributed by atoms with Gasteiger partial charge in [-0.3, -0.25) is 9.59 Å². The molecule has 2 aromatic carbocycles. The van der Waals surface area contributed by atoms with Gasteiger partial charge in [0, 0.05) is 29.7 Å². The molecule has 4 rings (SSSR count). The van der Waals surface area contributed by atoms with Crippen LogP contribution >= 0.6 is 0 Å². The Bertz CT molecular complexity index is 1510. The molecule has 0 aliphatic heterocycles. The average Bonchev–Trinajstić information content (AvgIpc) is 2.86. The minimum Gasteiger partial charge on any atom is -0.454 e. The number of rotatable bonds is 5. The number of H-pyrrole nitrogens is 1. The highest BCUT2D eigenvalue weighted by Gasteiger charge is 2.17. The van der Waals surface area contributed by atoms with E-state index in [0.717, 1.165) is 24.4 Å². The van der Waals surface area contributed by atoms with Crippen LogP contribution < -0.4 is 27.0 Å². The maximum Gasteiger partial charge on any atom is 0.333 e. The standard InChI is InChI=1S/C23H17F2N5O4.C2H6/c1-12-18(8-9-27-20(12)26)34-19-7-4-14(10-17(19)25)29-21(31)16-11-28-23(33)30(22(16)32)15-5-2-13(24)3-6-15;1-2/h2-11H,1H3,(H2,26,27)(H,28,33)(H,29,31);1-2H3. The fourth-order valence-electron chi connectivity index (χ4n) is 3.08. The largest absolute Gasteiger partial charge is 0.454 e. The van der Waals surface area contributed by atoms with E-state index in [1.54, 1.807) is 6.92 Å². The summed E-state index contributed by atoms with van der Waals surface area (Å²) in [6.45, 7) is 5.67. The molecule has 0 aliphatic carbocycles. The number of nitrogens with one attached hydrogen (secondary N) is 2. The maximum absolute atomic E-state index is 14.6. The van der Waals surface area contributed by atoms with Crippen LogP contribution in [-0.4, -0.2) is 20.4 Å². The minimum absolute atomic E-state index is 0.0414. The molecule has 0 radical (unpaired) electrons. The second kappa shape index (κ2) is 11.1. The molecule has 0 saturated heterocycles. The molecule has 1 amide bonds. The van der Waals surface area contributed by atoms with Crippen LogP contribution in [0.3, 0.4) is 0 Å². The normalized spacial score (nSPS) is 10.2. The van der Waals surface area contributed by atoms with Crippen molar-refractivity contribution in [2.75, 3.05) is 11.1 Å². The third-order valence-electron chi connectivity index (χ3n) is 4.91. The summed E-state index contributed by atoms with van der Waals surface area (Å²) in [5.41, 5.74) is 4.22. The van der Waals surface area contributed by atoms with Gasteiger partial charge in [-0.2, -0.15) is 0 Å². The highest BCUT2D eigenvalue weighted by atomic mass is 19.1. The first-order valence-electron chi connectivity index (χ1n) is 10.8. The third-order valence-corrected chi connectivity index (χ3v) is 4.91. The average molecular weight is 495 g/mol. The molecule has 0 saturated carbocycles. The second-order valence-corrected chi connectivity index (χ2v) is 7.15. The number of nitrogens with two attached hydrogens (primary N) is 1. The highest BCUT2D eigenvalue weighted by Crippen LogP contribution is 2.30. The van der Waals surface area contributed by atoms with Gasteiger partial charge in [0.05, 0.1) is 5.69 Å². The zero-order valence-electron chi connectivity index (χ0n) is 19.6. The monoisotopic (exact) mass is 495 g/mol. The number of pyridine rings is 1. The van der Waals surface area contributed by atoms with Gasteiger partial charge in [-0.1, -0.05) is 13.8 Å². The van der Waals surface area contributed by atoms with Gasteiger partial charge >= 0.3 is 5.69 Å². The summed E-state index contributed by atoms with van der Waals surface area (Å²) in [4.78, 5) is 43.8. The van der Waals surface area contributed by atoms with Crippen molar-refractivity contribution in [3.63, 3.8) is 0 Å². The molecular formula is C25H23F2N5O4. The smallest absolute Gasteiger partial charge is 0.333 e. The van der Waals surface area contributed by atoms with Crippen LogP contribution in [-0.2, 0) is 0 Å². The van der Waals surface area contributed by atoms with E-state index in [0.29, 0.717) is 15.9 Å². The summed E-state index contributed by atoms with van der Waals surface area (Å²) in [5.74, 6) is -1.78. The Hall–Kier alpha value is -4.80. The van der Waals surface area contributed by atoms with Crippen LogP contribution in [0.4, 0.5) is 20.3 Å². The van der Waals surface area contributed by atoms with Crippen LogP contribution in [0.25, 0.3) is 5.69 Å². The molecule has 4 N–H and O–H groups in total. The Morgan fingerprint density at radius 2 is 1.75 bits per heavy atom. The fourth-order valence-corrected chi connectivity index (χ4v) is 3.08. The van der Waals surface area contributed by atoms with Crippen molar-refractivity contribution in [3.05, 3.63) is 105 Å². The van der Waals surface area contributed by atoms with Gasteiger partial charge in [0.15, 0.2) is 11.6 Å². The summed E-state index contributed by atoms with van der Waals surface area (Å²) in [5, 5.41) is 2.40. The summed E-state index contributed by atoms with van der Waals surface area (Å²) in [6.07, 6.45) is 2.37. The number of anilines is 2. The molecule has 0 unspecified atom stereocenters. The van der Waals surface area contributed by atoms with Gasteiger partial charge in [-0.15, -0.1) is 0 Å². The molecule has 9 nitrogen and oxygen atoms in total. The predicted molar refractivity (Wildman–Crippen MR) is 132 cm³/mol. The number of benzene rings is 2. The van der Waals surface area contributed by atoms with E-state index in [1.165, 1.54) is 36.5 Å². The van der Waals surface area contributed by atoms with Gasteiger partial charge in [0.2, 0.25) is 0 Å². The van der Waals surface area contributed by atoms with E-state index in [2.05, 4.69) is 15.3 Å². The van der Waals surface area contributed by atoms with Crippen LogP contribution in [0.1, 0.15) is 29.8 Å². The van der Waals surface area contributed by atoms with Gasteiger partial charge in [0.25, 0.3) is 11.5 Å². The number of halogens is 2. The number of aromatic nitrogens is 3.